The number of hydrogen-bond donors (Lipinski definition) is 0. The highest BCUT2D eigenvalue weighted by Gasteiger charge is 2.45. The van der Waals surface area contributed by atoms with Gasteiger partial charge in [0.15, 0.2) is 42.9 Å². The average Bonchev–Trinajstić information content (AvgIpc) is 1.61. The molecule has 0 bridgehead atoms. The summed E-state index contributed by atoms with van der Waals surface area (Å²) in [5, 5.41) is 16.5. The molecule has 3 aliphatic heterocycles. The summed E-state index contributed by atoms with van der Waals surface area (Å²) in [6, 6.07) is 154. The van der Waals surface area contributed by atoms with E-state index in [2.05, 4.69) is 80.4 Å². The Labute approximate surface area is 782 Å². The van der Waals surface area contributed by atoms with Crippen LogP contribution in [0.1, 0.15) is 11.6 Å². The van der Waals surface area contributed by atoms with E-state index in [0.717, 1.165) is 202 Å². The highest BCUT2D eigenvalue weighted by Crippen LogP contribution is 2.55. The smallest absolute Gasteiger partial charge is 0.175 e. The minimum absolute atomic E-state index is 0.759. The summed E-state index contributed by atoms with van der Waals surface area (Å²) in [5.74, 6) is 2.49. The summed E-state index contributed by atoms with van der Waals surface area (Å²) in [7, 11) is -18.9. The van der Waals surface area contributed by atoms with Gasteiger partial charge in [-0.05, 0) is 132 Å². The van der Waals surface area contributed by atoms with Crippen molar-refractivity contribution >= 4 is 182 Å². The first-order valence-electron chi connectivity index (χ1n) is 44.8. The van der Waals surface area contributed by atoms with Crippen molar-refractivity contribution < 1.29 is 27.4 Å². The van der Waals surface area contributed by atoms with E-state index in [0.29, 0.717) is 0 Å². The van der Waals surface area contributed by atoms with Crippen LogP contribution in [0.3, 0.4) is 0 Å². The Kier molecular flexibility index (Phi) is 21.1. The lowest BCUT2D eigenvalue weighted by Gasteiger charge is -2.29. The zero-order valence-corrected chi connectivity index (χ0v) is 78.7. The van der Waals surface area contributed by atoms with Crippen LogP contribution in [0.25, 0.3) is 94.6 Å². The van der Waals surface area contributed by atoms with Gasteiger partial charge in [0.1, 0.15) is 17.5 Å². The molecule has 0 fully saturated rings. The van der Waals surface area contributed by atoms with Crippen LogP contribution in [0.2, 0.25) is 0 Å². The third-order valence-corrected chi connectivity index (χ3v) is 45.1. The number of fused-ring (bicyclic) bond motifs is 7. The molecule has 3 unspecified atom stereocenters. The SMILES string of the molecule is Cc1nc2cccc3c2n1-c1ccc(-c2ccc(P(=O)(c4ccccc4)c4ccccc4)cc2)cc1P3(=O)c1ccccc1.Cc1nc2cccc3c2n1-c1ccc(-c2ccc4cc(P(=O)(c5ccccc5)c5ccccc5)ccc4c2)cc1P3(=O)c1ccccc1.O=P(c1ccccc1)(c1ccccc1)c1ccc(-c2nc3cccc4c3n2-c2ccccc2P4(=O)c2ccccc2)cc1. The van der Waals surface area contributed by atoms with Gasteiger partial charge < -0.3 is 27.4 Å². The molecule has 3 aliphatic rings. The molecule has 0 spiro atoms. The van der Waals surface area contributed by atoms with Gasteiger partial charge in [-0.1, -0.05) is 388 Å². The zero-order valence-electron chi connectivity index (χ0n) is 73.3. The predicted molar refractivity (Wildman–Crippen MR) is 564 cm³/mol. The van der Waals surface area contributed by atoms with Crippen LogP contribution < -0.4 is 95.5 Å². The molecule has 25 rings (SSSR count). The zero-order chi connectivity index (χ0) is 91.4. The van der Waals surface area contributed by atoms with Crippen molar-refractivity contribution in [2.75, 3.05) is 0 Å². The minimum Gasteiger partial charge on any atom is -0.309 e. The van der Waals surface area contributed by atoms with Gasteiger partial charge in [0, 0.05) is 101 Å². The van der Waals surface area contributed by atoms with E-state index >= 15 is 13.7 Å². The first kappa shape index (κ1) is 84.5. The average molecular weight is 1860 g/mol. The molecule has 6 heterocycles. The maximum atomic E-state index is 15.6. The summed E-state index contributed by atoms with van der Waals surface area (Å²) in [5.41, 5.74) is 12.7. The molecule has 0 aliphatic carbocycles. The maximum absolute atomic E-state index is 15.6. The Bertz CT molecular complexity index is 8620. The van der Waals surface area contributed by atoms with E-state index in [1.807, 2.05) is 420 Å². The number of rotatable bonds is 15. The Hall–Kier alpha value is -14.8. The molecule has 0 saturated heterocycles. The van der Waals surface area contributed by atoms with Crippen molar-refractivity contribution in [2.45, 2.75) is 13.8 Å². The van der Waals surface area contributed by atoms with Crippen molar-refractivity contribution in [3.05, 3.63) is 485 Å². The van der Waals surface area contributed by atoms with Gasteiger partial charge in [-0.15, -0.1) is 0 Å². The van der Waals surface area contributed by atoms with Crippen molar-refractivity contribution in [3.8, 4) is 50.7 Å². The molecule has 19 aromatic carbocycles. The molecular weight excluding hydrogens is 1770 g/mol. The lowest BCUT2D eigenvalue weighted by Crippen LogP contribution is -2.33. The Morgan fingerprint density at radius 2 is 0.474 bits per heavy atom. The molecule has 0 amide bonds. The molecule has 3 aromatic heterocycles. The van der Waals surface area contributed by atoms with E-state index in [1.165, 1.54) is 0 Å². The van der Waals surface area contributed by atoms with Crippen LogP contribution >= 0.6 is 42.9 Å². The number of para-hydroxylation sites is 4. The van der Waals surface area contributed by atoms with E-state index in [4.69, 9.17) is 15.0 Å². The van der Waals surface area contributed by atoms with Gasteiger partial charge in [0.25, 0.3) is 0 Å². The van der Waals surface area contributed by atoms with Crippen LogP contribution in [-0.2, 0) is 27.4 Å². The molecule has 0 radical (unpaired) electrons. The van der Waals surface area contributed by atoms with Gasteiger partial charge in [-0.2, -0.15) is 0 Å². The topological polar surface area (TPSA) is 156 Å². The maximum Gasteiger partial charge on any atom is 0.175 e. The number of benzene rings is 19. The molecule has 648 valence electrons. The van der Waals surface area contributed by atoms with Crippen LogP contribution in [0.15, 0.2) is 473 Å². The summed E-state index contributed by atoms with van der Waals surface area (Å²) in [4.78, 5) is 14.8. The second-order valence-corrected chi connectivity index (χ2v) is 50.5. The second-order valence-electron chi connectivity index (χ2n) is 34.1. The van der Waals surface area contributed by atoms with Crippen LogP contribution in [0, 0.1) is 13.8 Å². The van der Waals surface area contributed by atoms with Gasteiger partial charge >= 0.3 is 0 Å². The quantitative estimate of drug-likeness (QED) is 0.0912. The van der Waals surface area contributed by atoms with E-state index in [1.54, 1.807) is 0 Å². The number of aromatic nitrogens is 6. The number of hydrogen-bond acceptors (Lipinski definition) is 9. The molecule has 0 saturated carbocycles. The lowest BCUT2D eigenvalue weighted by atomic mass is 10.0. The normalized spacial score (nSPS) is 15.6. The fraction of sp³-hybridized carbons (Fsp3) is 0.0171. The standard InChI is InChI=1S/C42H30N2O2P2.C38H28N2O2P2.C37H26N2O2P2/c1-29-43-38-18-11-19-40-42(38)44(29)39-25-23-33(28-41(39)48(40,46)36-16-9-4-10-17-36)30-20-21-32-27-37(24-22-31(32)26-30)47(45,34-12-5-2-6-13-34)35-14-7-3-8-15-35;1-27-39-34-18-11-19-36-38(34)40(27)35-25-22-29(26-37(35)44(36,42)32-16-9-4-10-17-32)28-20-23-33(24-21-28)43(41,30-12-5-2-6-13-30)31-14-7-3-8-15-31;40-42(28-13-4-1-5-14-28,29-15-6-2-7-16-29)31-25-23-27(24-26-31)37-38-32-19-12-22-35-36(32)39(37)33-20-10-11-21-34(33)43(35,41)30-17-8-3-9-18-30/h2-28H,1H3;2-26H,1H3;1-26H. The van der Waals surface area contributed by atoms with Gasteiger partial charge in [-0.25, -0.2) is 15.0 Å². The van der Waals surface area contributed by atoms with Crippen molar-refractivity contribution in [3.63, 3.8) is 0 Å². The molecule has 18 heteroatoms. The Morgan fingerprint density at radius 3 is 0.874 bits per heavy atom. The number of aryl methyl sites for hydroxylation is 2. The van der Waals surface area contributed by atoms with Crippen molar-refractivity contribution in [1.29, 1.82) is 0 Å². The molecule has 12 nitrogen and oxygen atoms in total. The van der Waals surface area contributed by atoms with E-state index in [9.17, 15) is 13.7 Å². The third kappa shape index (κ3) is 13.7. The molecule has 135 heavy (non-hydrogen) atoms. The van der Waals surface area contributed by atoms with Crippen molar-refractivity contribution in [1.82, 2.24) is 28.7 Å². The second kappa shape index (κ2) is 33.7. The largest absolute Gasteiger partial charge is 0.309 e. The summed E-state index contributed by atoms with van der Waals surface area (Å²) in [6.07, 6.45) is 0. The molecular formula is C117H84N6O6P6. The summed E-state index contributed by atoms with van der Waals surface area (Å²) in [6.45, 7) is 4.00. The fourth-order valence-corrected chi connectivity index (χ4v) is 37.2. The lowest BCUT2D eigenvalue weighted by molar-refractivity contribution is 0.591. The third-order valence-electron chi connectivity index (χ3n) is 26.5. The summed E-state index contributed by atoms with van der Waals surface area (Å²) >= 11 is 0. The molecule has 0 N–H and O–H groups in total. The van der Waals surface area contributed by atoms with Crippen molar-refractivity contribution in [2.24, 2.45) is 0 Å². The summed E-state index contributed by atoms with van der Waals surface area (Å²) < 4.78 is 97.4. The highest BCUT2D eigenvalue weighted by molar-refractivity contribution is 7.88. The molecule has 22 aromatic rings. The number of imidazole rings is 3. The monoisotopic (exact) mass is 1850 g/mol. The van der Waals surface area contributed by atoms with E-state index < -0.39 is 42.9 Å². The first-order valence-corrected chi connectivity index (χ1v) is 55.1. The minimum atomic E-state index is -3.22. The van der Waals surface area contributed by atoms with Gasteiger partial charge in [-0.3, -0.25) is 13.7 Å². The Balaban J connectivity index is 0.000000114. The number of nitrogens with zero attached hydrogens (tertiary/aromatic N) is 6. The molecule has 3 atom stereocenters. The van der Waals surface area contributed by atoms with E-state index in [-0.39, 0.29) is 0 Å². The van der Waals surface area contributed by atoms with Gasteiger partial charge in [0.2, 0.25) is 0 Å². The Morgan fingerprint density at radius 1 is 0.207 bits per heavy atom. The van der Waals surface area contributed by atoms with Crippen LogP contribution in [-0.4, -0.2) is 28.7 Å². The fourth-order valence-electron chi connectivity index (χ4n) is 20.1. The first-order chi connectivity index (χ1) is 66.0. The highest BCUT2D eigenvalue weighted by atomic mass is 31.2. The van der Waals surface area contributed by atoms with Crippen LogP contribution in [0.5, 0.6) is 0 Å². The van der Waals surface area contributed by atoms with Gasteiger partial charge in [0.05, 0.1) is 50.2 Å². The van der Waals surface area contributed by atoms with Crippen LogP contribution in [0.4, 0.5) is 0 Å². The predicted octanol–water partition coefficient (Wildman–Crippen LogP) is 20.6.